The molecular weight excluding hydrogens is 250 g/mol. The van der Waals surface area contributed by atoms with Gasteiger partial charge in [-0.1, -0.05) is 12.1 Å². The monoisotopic (exact) mass is 267 g/mol. The lowest BCUT2D eigenvalue weighted by molar-refractivity contribution is 0.305. The molecule has 0 amide bonds. The standard InChI is InChI=1S/C16H17N3O/c1-2-5-15(20-12-13-6-10-17-11-7-13)14(4-1)16-18-8-3-9-19-16/h1-2,4-7,10-11H,3,8-9,12H2,(H,18,19). The summed E-state index contributed by atoms with van der Waals surface area (Å²) < 4.78 is 5.93. The molecule has 4 nitrogen and oxygen atoms in total. The summed E-state index contributed by atoms with van der Waals surface area (Å²) in [5, 5.41) is 3.33. The summed E-state index contributed by atoms with van der Waals surface area (Å²) in [5.41, 5.74) is 2.13. The first-order valence-corrected chi connectivity index (χ1v) is 6.83. The number of pyridine rings is 1. The van der Waals surface area contributed by atoms with Crippen molar-refractivity contribution in [1.29, 1.82) is 0 Å². The van der Waals surface area contributed by atoms with Crippen molar-refractivity contribution in [3.63, 3.8) is 0 Å². The highest BCUT2D eigenvalue weighted by Gasteiger charge is 2.12. The highest BCUT2D eigenvalue weighted by Crippen LogP contribution is 2.20. The van der Waals surface area contributed by atoms with Crippen LogP contribution in [-0.4, -0.2) is 23.9 Å². The maximum absolute atomic E-state index is 5.93. The summed E-state index contributed by atoms with van der Waals surface area (Å²) >= 11 is 0. The van der Waals surface area contributed by atoms with Gasteiger partial charge in [-0.05, 0) is 36.2 Å². The van der Waals surface area contributed by atoms with Gasteiger partial charge in [-0.2, -0.15) is 0 Å². The Bertz CT molecular complexity index is 596. The quantitative estimate of drug-likeness (QED) is 0.925. The van der Waals surface area contributed by atoms with Gasteiger partial charge in [0, 0.05) is 25.5 Å². The van der Waals surface area contributed by atoms with Crippen LogP contribution >= 0.6 is 0 Å². The Morgan fingerprint density at radius 3 is 2.75 bits per heavy atom. The average Bonchev–Trinajstić information content (AvgIpc) is 2.55. The number of hydrogen-bond donors (Lipinski definition) is 1. The Kier molecular flexibility index (Phi) is 3.92. The second kappa shape index (κ2) is 6.19. The van der Waals surface area contributed by atoms with Crippen LogP contribution in [0, 0.1) is 0 Å². The molecule has 0 atom stereocenters. The van der Waals surface area contributed by atoms with Crippen molar-refractivity contribution in [3.8, 4) is 5.75 Å². The molecule has 0 bridgehead atoms. The van der Waals surface area contributed by atoms with Gasteiger partial charge in [-0.15, -0.1) is 0 Å². The summed E-state index contributed by atoms with van der Waals surface area (Å²) in [5.74, 6) is 1.79. The fraction of sp³-hybridized carbons (Fsp3) is 0.250. The molecule has 3 rings (SSSR count). The van der Waals surface area contributed by atoms with Crippen LogP contribution in [0.4, 0.5) is 0 Å². The van der Waals surface area contributed by atoms with E-state index in [4.69, 9.17) is 4.74 Å². The third-order valence-electron chi connectivity index (χ3n) is 3.18. The number of hydrogen-bond acceptors (Lipinski definition) is 4. The number of amidine groups is 1. The van der Waals surface area contributed by atoms with Crippen molar-refractivity contribution in [1.82, 2.24) is 10.3 Å². The first-order valence-electron chi connectivity index (χ1n) is 6.83. The zero-order chi connectivity index (χ0) is 13.6. The van der Waals surface area contributed by atoms with Gasteiger partial charge in [0.05, 0.1) is 5.56 Å². The molecule has 0 aliphatic carbocycles. The molecule has 0 saturated heterocycles. The molecule has 0 fully saturated rings. The van der Waals surface area contributed by atoms with Gasteiger partial charge in [0.2, 0.25) is 0 Å². The van der Waals surface area contributed by atoms with E-state index in [9.17, 15) is 0 Å². The zero-order valence-electron chi connectivity index (χ0n) is 11.2. The fourth-order valence-electron chi connectivity index (χ4n) is 2.14. The van der Waals surface area contributed by atoms with Crippen LogP contribution in [0.2, 0.25) is 0 Å². The molecule has 1 aliphatic heterocycles. The van der Waals surface area contributed by atoms with Crippen LogP contribution in [0.25, 0.3) is 0 Å². The molecule has 4 heteroatoms. The molecule has 102 valence electrons. The molecule has 0 spiro atoms. The number of nitrogens with zero attached hydrogens (tertiary/aromatic N) is 2. The fourth-order valence-corrected chi connectivity index (χ4v) is 2.14. The van der Waals surface area contributed by atoms with E-state index in [0.717, 1.165) is 42.2 Å². The second-order valence-corrected chi connectivity index (χ2v) is 4.65. The highest BCUT2D eigenvalue weighted by atomic mass is 16.5. The van der Waals surface area contributed by atoms with Crippen molar-refractivity contribution in [2.75, 3.05) is 13.1 Å². The first kappa shape index (κ1) is 12.7. The van der Waals surface area contributed by atoms with Gasteiger partial charge in [0.25, 0.3) is 0 Å². The predicted octanol–water partition coefficient (Wildman–Crippen LogP) is 2.40. The Labute approximate surface area is 118 Å². The molecule has 1 N–H and O–H groups in total. The molecule has 1 aliphatic rings. The molecule has 20 heavy (non-hydrogen) atoms. The van der Waals surface area contributed by atoms with Gasteiger partial charge in [-0.3, -0.25) is 9.98 Å². The number of rotatable bonds is 4. The van der Waals surface area contributed by atoms with E-state index in [1.54, 1.807) is 12.4 Å². The predicted molar refractivity (Wildman–Crippen MR) is 79.0 cm³/mol. The molecular formula is C16H17N3O. The molecule has 2 aromatic rings. The smallest absolute Gasteiger partial charge is 0.132 e. The van der Waals surface area contributed by atoms with Crippen LogP contribution in [0.1, 0.15) is 17.5 Å². The average molecular weight is 267 g/mol. The van der Waals surface area contributed by atoms with Crippen molar-refractivity contribution in [3.05, 3.63) is 59.9 Å². The Balaban J connectivity index is 1.78. The summed E-state index contributed by atoms with van der Waals surface area (Å²) in [7, 11) is 0. The molecule has 1 aromatic carbocycles. The molecule has 0 radical (unpaired) electrons. The third-order valence-corrected chi connectivity index (χ3v) is 3.18. The van der Waals surface area contributed by atoms with E-state index in [-0.39, 0.29) is 0 Å². The summed E-state index contributed by atoms with van der Waals surface area (Å²) in [6.07, 6.45) is 4.64. The summed E-state index contributed by atoms with van der Waals surface area (Å²) in [4.78, 5) is 8.54. The number of ether oxygens (including phenoxy) is 1. The molecule has 0 unspecified atom stereocenters. The van der Waals surface area contributed by atoms with E-state index in [1.165, 1.54) is 0 Å². The Morgan fingerprint density at radius 2 is 1.95 bits per heavy atom. The minimum atomic E-state index is 0.535. The van der Waals surface area contributed by atoms with Crippen LogP contribution in [-0.2, 0) is 6.61 Å². The highest BCUT2D eigenvalue weighted by molar-refractivity contribution is 6.01. The lowest BCUT2D eigenvalue weighted by Crippen LogP contribution is -2.30. The number of aliphatic imine (C=N–C) groups is 1. The number of benzene rings is 1. The van der Waals surface area contributed by atoms with Crippen molar-refractivity contribution >= 4 is 5.84 Å². The van der Waals surface area contributed by atoms with Crippen LogP contribution in [0.5, 0.6) is 5.75 Å². The van der Waals surface area contributed by atoms with E-state index < -0.39 is 0 Å². The van der Waals surface area contributed by atoms with Gasteiger partial charge >= 0.3 is 0 Å². The van der Waals surface area contributed by atoms with Gasteiger partial charge in [0.1, 0.15) is 18.2 Å². The lowest BCUT2D eigenvalue weighted by Gasteiger charge is -2.17. The SMILES string of the molecule is c1ccc(C2=NCCCN2)c(OCc2ccncc2)c1. The van der Waals surface area contributed by atoms with Crippen LogP contribution in [0.3, 0.4) is 0 Å². The second-order valence-electron chi connectivity index (χ2n) is 4.65. The number of aromatic nitrogens is 1. The minimum Gasteiger partial charge on any atom is -0.488 e. The Hall–Kier alpha value is -2.36. The lowest BCUT2D eigenvalue weighted by atomic mass is 10.1. The third kappa shape index (κ3) is 2.96. The normalized spacial score (nSPS) is 14.3. The zero-order valence-corrected chi connectivity index (χ0v) is 11.2. The topological polar surface area (TPSA) is 46.5 Å². The van der Waals surface area contributed by atoms with Crippen molar-refractivity contribution < 1.29 is 4.74 Å². The van der Waals surface area contributed by atoms with Crippen molar-refractivity contribution in [2.24, 2.45) is 4.99 Å². The molecule has 1 aromatic heterocycles. The Morgan fingerprint density at radius 1 is 1.10 bits per heavy atom. The largest absolute Gasteiger partial charge is 0.488 e. The summed E-state index contributed by atoms with van der Waals surface area (Å²) in [6.45, 7) is 2.38. The maximum atomic E-state index is 5.93. The van der Waals surface area contributed by atoms with Gasteiger partial charge in [0.15, 0.2) is 0 Å². The van der Waals surface area contributed by atoms with Crippen LogP contribution < -0.4 is 10.1 Å². The van der Waals surface area contributed by atoms with E-state index in [2.05, 4.69) is 15.3 Å². The van der Waals surface area contributed by atoms with Gasteiger partial charge < -0.3 is 10.1 Å². The molecule has 0 saturated carbocycles. The first-order chi connectivity index (χ1) is 9.93. The van der Waals surface area contributed by atoms with E-state index >= 15 is 0 Å². The van der Waals surface area contributed by atoms with E-state index in [0.29, 0.717) is 6.61 Å². The number of nitrogens with one attached hydrogen (secondary N) is 1. The minimum absolute atomic E-state index is 0.535. The molecule has 2 heterocycles. The summed E-state index contributed by atoms with van der Waals surface area (Å²) in [6, 6.07) is 11.9. The maximum Gasteiger partial charge on any atom is 0.132 e. The van der Waals surface area contributed by atoms with Crippen molar-refractivity contribution in [2.45, 2.75) is 13.0 Å². The number of para-hydroxylation sites is 1. The van der Waals surface area contributed by atoms with Crippen LogP contribution in [0.15, 0.2) is 53.8 Å². The van der Waals surface area contributed by atoms with Gasteiger partial charge in [-0.25, -0.2) is 0 Å². The van der Waals surface area contributed by atoms with E-state index in [1.807, 2.05) is 36.4 Å².